The summed E-state index contributed by atoms with van der Waals surface area (Å²) in [4.78, 5) is 31.6. The number of rotatable bonds is 4. The van der Waals surface area contributed by atoms with Gasteiger partial charge < -0.3 is 9.64 Å². The van der Waals surface area contributed by atoms with Crippen LogP contribution >= 0.6 is 0 Å². The molecule has 6 heteroatoms. The van der Waals surface area contributed by atoms with Crippen LogP contribution in [0.1, 0.15) is 17.5 Å². The minimum Gasteiger partial charge on any atom is -0.497 e. The number of carbonyl (C=O) groups is 2. The first-order valence-electron chi connectivity index (χ1n) is 10.0. The van der Waals surface area contributed by atoms with E-state index in [4.69, 9.17) is 4.74 Å². The Balaban J connectivity index is 1.43. The van der Waals surface area contributed by atoms with Crippen molar-refractivity contribution >= 4 is 23.2 Å². The minimum absolute atomic E-state index is 0.0974. The molecule has 0 unspecified atom stereocenters. The summed E-state index contributed by atoms with van der Waals surface area (Å²) in [6, 6.07) is 13.5. The molecule has 0 spiro atoms. The third-order valence-electron chi connectivity index (χ3n) is 5.91. The van der Waals surface area contributed by atoms with Gasteiger partial charge in [-0.3, -0.25) is 14.5 Å². The Kier molecular flexibility index (Phi) is 5.28. The molecule has 4 rings (SSSR count). The van der Waals surface area contributed by atoms with E-state index in [-0.39, 0.29) is 24.3 Å². The summed E-state index contributed by atoms with van der Waals surface area (Å²) in [5.74, 6) is 0.637. The van der Waals surface area contributed by atoms with Crippen molar-refractivity contribution in [3.63, 3.8) is 0 Å². The second-order valence-electron chi connectivity index (χ2n) is 7.80. The number of methoxy groups -OCH3 is 1. The minimum atomic E-state index is -0.360. The van der Waals surface area contributed by atoms with Crippen LogP contribution in [0.4, 0.5) is 11.4 Å². The van der Waals surface area contributed by atoms with Gasteiger partial charge in [-0.25, -0.2) is 4.90 Å². The number of benzene rings is 2. The molecule has 2 aromatic carbocycles. The smallest absolute Gasteiger partial charge is 0.251 e. The Labute approximate surface area is 171 Å². The maximum absolute atomic E-state index is 13.1. The zero-order chi connectivity index (χ0) is 20.5. The van der Waals surface area contributed by atoms with Gasteiger partial charge in [0.25, 0.3) is 5.91 Å². The fraction of sp³-hybridized carbons (Fsp3) is 0.391. The second-order valence-corrected chi connectivity index (χ2v) is 7.80. The van der Waals surface area contributed by atoms with Gasteiger partial charge in [0.05, 0.1) is 25.3 Å². The van der Waals surface area contributed by atoms with Gasteiger partial charge in [-0.1, -0.05) is 17.7 Å². The van der Waals surface area contributed by atoms with E-state index in [2.05, 4.69) is 21.9 Å². The summed E-state index contributed by atoms with van der Waals surface area (Å²) in [5, 5.41) is 0. The quantitative estimate of drug-likeness (QED) is 0.748. The Morgan fingerprint density at radius 1 is 0.931 bits per heavy atom. The van der Waals surface area contributed by atoms with E-state index in [1.165, 1.54) is 4.90 Å². The molecule has 2 heterocycles. The first-order chi connectivity index (χ1) is 14.0. The van der Waals surface area contributed by atoms with E-state index in [9.17, 15) is 9.59 Å². The number of nitrogens with zero attached hydrogens (tertiary/aromatic N) is 3. The van der Waals surface area contributed by atoms with Crippen LogP contribution in [-0.2, 0) is 9.59 Å². The zero-order valence-electron chi connectivity index (χ0n) is 17.2. The molecule has 0 saturated carbocycles. The highest BCUT2D eigenvalue weighted by molar-refractivity contribution is 6.22. The first-order valence-corrected chi connectivity index (χ1v) is 10.0. The highest BCUT2D eigenvalue weighted by Crippen LogP contribution is 2.30. The van der Waals surface area contributed by atoms with Crippen LogP contribution in [0, 0.1) is 13.8 Å². The Hall–Kier alpha value is -2.86. The van der Waals surface area contributed by atoms with E-state index in [1.807, 2.05) is 44.2 Å². The lowest BCUT2D eigenvalue weighted by Crippen LogP contribution is -2.52. The van der Waals surface area contributed by atoms with Gasteiger partial charge in [-0.05, 0) is 49.7 Å². The SMILES string of the molecule is COc1ccc(N2CCN([C@@H]3CC(=O)N(c4ccc(C)cc4C)C3=O)CC2)cc1. The van der Waals surface area contributed by atoms with Gasteiger partial charge in [0, 0.05) is 31.9 Å². The fourth-order valence-corrected chi connectivity index (χ4v) is 4.30. The van der Waals surface area contributed by atoms with Gasteiger partial charge >= 0.3 is 0 Å². The molecule has 2 amide bonds. The molecule has 2 saturated heterocycles. The van der Waals surface area contributed by atoms with Crippen molar-refractivity contribution in [2.24, 2.45) is 0 Å². The van der Waals surface area contributed by atoms with Crippen LogP contribution in [0.5, 0.6) is 5.75 Å². The highest BCUT2D eigenvalue weighted by atomic mass is 16.5. The van der Waals surface area contributed by atoms with E-state index in [0.717, 1.165) is 48.7 Å². The number of aryl methyl sites for hydroxylation is 2. The molecule has 29 heavy (non-hydrogen) atoms. The van der Waals surface area contributed by atoms with Crippen LogP contribution in [0.2, 0.25) is 0 Å². The van der Waals surface area contributed by atoms with Crippen molar-refractivity contribution < 1.29 is 14.3 Å². The summed E-state index contributed by atoms with van der Waals surface area (Å²) in [7, 11) is 1.66. The molecular formula is C23H27N3O3. The van der Waals surface area contributed by atoms with Gasteiger partial charge in [0.1, 0.15) is 5.75 Å². The number of carbonyl (C=O) groups excluding carboxylic acids is 2. The monoisotopic (exact) mass is 393 g/mol. The molecule has 0 aliphatic carbocycles. The molecule has 152 valence electrons. The zero-order valence-corrected chi connectivity index (χ0v) is 17.2. The molecule has 1 atom stereocenters. The largest absolute Gasteiger partial charge is 0.497 e. The maximum atomic E-state index is 13.1. The predicted octanol–water partition coefficient (Wildman–Crippen LogP) is 2.77. The van der Waals surface area contributed by atoms with E-state index in [1.54, 1.807) is 7.11 Å². The molecule has 2 aliphatic rings. The molecule has 2 aliphatic heterocycles. The van der Waals surface area contributed by atoms with Crippen molar-refractivity contribution in [1.29, 1.82) is 0 Å². The number of anilines is 2. The lowest BCUT2D eigenvalue weighted by molar-refractivity contribution is -0.123. The van der Waals surface area contributed by atoms with Crippen molar-refractivity contribution in [2.75, 3.05) is 43.1 Å². The highest BCUT2D eigenvalue weighted by Gasteiger charge is 2.43. The number of piperazine rings is 1. The first kappa shape index (κ1) is 19.5. The maximum Gasteiger partial charge on any atom is 0.251 e. The molecule has 0 bridgehead atoms. The number of hydrogen-bond acceptors (Lipinski definition) is 5. The van der Waals surface area contributed by atoms with E-state index < -0.39 is 0 Å². The number of ether oxygens (including phenoxy) is 1. The average molecular weight is 393 g/mol. The normalized spacial score (nSPS) is 20.4. The number of amides is 2. The van der Waals surface area contributed by atoms with Gasteiger partial charge in [-0.15, -0.1) is 0 Å². The van der Waals surface area contributed by atoms with Gasteiger partial charge in [0.2, 0.25) is 5.91 Å². The van der Waals surface area contributed by atoms with Crippen LogP contribution in [-0.4, -0.2) is 56.0 Å². The Morgan fingerprint density at radius 2 is 1.62 bits per heavy atom. The molecule has 0 N–H and O–H groups in total. The van der Waals surface area contributed by atoms with Crippen LogP contribution in [0.15, 0.2) is 42.5 Å². The van der Waals surface area contributed by atoms with Crippen molar-refractivity contribution in [1.82, 2.24) is 4.90 Å². The van der Waals surface area contributed by atoms with Crippen molar-refractivity contribution in [2.45, 2.75) is 26.3 Å². The van der Waals surface area contributed by atoms with Crippen molar-refractivity contribution in [3.05, 3.63) is 53.6 Å². The summed E-state index contributed by atoms with van der Waals surface area (Å²) in [6.07, 6.45) is 0.259. The second kappa shape index (κ2) is 7.87. The van der Waals surface area contributed by atoms with Gasteiger partial charge in [-0.2, -0.15) is 0 Å². The van der Waals surface area contributed by atoms with E-state index >= 15 is 0 Å². The Bertz CT molecular complexity index is 917. The molecule has 2 fully saturated rings. The third kappa shape index (κ3) is 3.72. The van der Waals surface area contributed by atoms with Crippen LogP contribution < -0.4 is 14.5 Å². The van der Waals surface area contributed by atoms with Gasteiger partial charge in [0.15, 0.2) is 0 Å². The van der Waals surface area contributed by atoms with E-state index in [0.29, 0.717) is 5.69 Å². The molecular weight excluding hydrogens is 366 g/mol. The number of imide groups is 1. The third-order valence-corrected chi connectivity index (χ3v) is 5.91. The van der Waals surface area contributed by atoms with Crippen LogP contribution in [0.3, 0.4) is 0 Å². The summed E-state index contributed by atoms with van der Waals surface area (Å²) >= 11 is 0. The topological polar surface area (TPSA) is 53.1 Å². The molecule has 6 nitrogen and oxygen atoms in total. The lowest BCUT2D eigenvalue weighted by atomic mass is 10.1. The lowest BCUT2D eigenvalue weighted by Gasteiger charge is -2.38. The molecule has 0 aromatic heterocycles. The molecule has 0 radical (unpaired) electrons. The summed E-state index contributed by atoms with van der Waals surface area (Å²) < 4.78 is 5.22. The Morgan fingerprint density at radius 3 is 2.24 bits per heavy atom. The summed E-state index contributed by atoms with van der Waals surface area (Å²) in [5.41, 5.74) is 3.94. The standard InChI is InChI=1S/C23H27N3O3/c1-16-4-9-20(17(2)14-16)26-22(27)15-21(23(26)28)25-12-10-24(11-13-25)18-5-7-19(29-3)8-6-18/h4-9,14,21H,10-13,15H2,1-3H3/t21-/m1/s1. The summed E-state index contributed by atoms with van der Waals surface area (Å²) in [6.45, 7) is 7.13. The molecule has 2 aromatic rings. The average Bonchev–Trinajstić information content (AvgIpc) is 3.02. The number of hydrogen-bond donors (Lipinski definition) is 0. The van der Waals surface area contributed by atoms with Crippen molar-refractivity contribution in [3.8, 4) is 5.75 Å². The van der Waals surface area contributed by atoms with Crippen LogP contribution in [0.25, 0.3) is 0 Å². The fourth-order valence-electron chi connectivity index (χ4n) is 4.30. The predicted molar refractivity (Wildman–Crippen MR) is 114 cm³/mol.